The molecule has 8 nitrogen and oxygen atoms in total. The summed E-state index contributed by atoms with van der Waals surface area (Å²) in [7, 11) is 0. The van der Waals surface area contributed by atoms with Gasteiger partial charge in [0.25, 0.3) is 5.91 Å². The Kier molecular flexibility index (Phi) is 6.37. The number of ether oxygens (including phenoxy) is 1. The van der Waals surface area contributed by atoms with Crippen LogP contribution in [0.25, 0.3) is 0 Å². The van der Waals surface area contributed by atoms with Crippen LogP contribution >= 0.6 is 0 Å². The van der Waals surface area contributed by atoms with Gasteiger partial charge in [-0.1, -0.05) is 36.4 Å². The summed E-state index contributed by atoms with van der Waals surface area (Å²) < 4.78 is 6.89. The lowest BCUT2D eigenvalue weighted by atomic mass is 10.2. The lowest BCUT2D eigenvalue weighted by molar-refractivity contribution is -0.119. The fourth-order valence-corrected chi connectivity index (χ4v) is 3.49. The molecule has 0 bridgehead atoms. The molecular weight excluding hydrogens is 394 g/mol. The van der Waals surface area contributed by atoms with Crippen LogP contribution in [0.15, 0.2) is 60.8 Å². The van der Waals surface area contributed by atoms with Gasteiger partial charge in [-0.25, -0.2) is 4.98 Å². The van der Waals surface area contributed by atoms with E-state index >= 15 is 0 Å². The Morgan fingerprint density at radius 2 is 1.81 bits per heavy atom. The van der Waals surface area contributed by atoms with Crippen LogP contribution in [-0.2, 0) is 22.6 Å². The van der Waals surface area contributed by atoms with Crippen molar-refractivity contribution in [1.82, 2.24) is 19.7 Å². The standard InChI is InChI=1S/C23H25N5O3/c1-18-15-20(23(30)26-11-13-31-14-12-26)25-28(18)17-22(29)27(21-9-5-6-10-24-21)16-19-7-3-2-4-8-19/h2-10,15H,11-14,16-17H2,1H3. The Morgan fingerprint density at radius 1 is 1.06 bits per heavy atom. The number of morpholine rings is 1. The zero-order valence-corrected chi connectivity index (χ0v) is 17.5. The minimum absolute atomic E-state index is 0.0195. The molecule has 4 rings (SSSR count). The van der Waals surface area contributed by atoms with E-state index < -0.39 is 0 Å². The van der Waals surface area contributed by atoms with Crippen molar-refractivity contribution in [2.24, 2.45) is 0 Å². The summed E-state index contributed by atoms with van der Waals surface area (Å²) in [6.45, 7) is 4.42. The topological polar surface area (TPSA) is 80.6 Å². The number of carbonyl (C=O) groups is 2. The molecule has 0 N–H and O–H groups in total. The van der Waals surface area contributed by atoms with E-state index in [1.54, 1.807) is 26.7 Å². The zero-order valence-electron chi connectivity index (χ0n) is 17.5. The fourth-order valence-electron chi connectivity index (χ4n) is 3.49. The molecule has 3 heterocycles. The summed E-state index contributed by atoms with van der Waals surface area (Å²) in [5.41, 5.74) is 2.10. The predicted molar refractivity (Wildman–Crippen MR) is 116 cm³/mol. The Morgan fingerprint density at radius 3 is 2.52 bits per heavy atom. The van der Waals surface area contributed by atoms with Gasteiger partial charge in [0.05, 0.1) is 19.8 Å². The molecule has 1 aromatic carbocycles. The molecule has 1 saturated heterocycles. The maximum Gasteiger partial charge on any atom is 0.274 e. The summed E-state index contributed by atoms with van der Waals surface area (Å²) in [4.78, 5) is 33.7. The Balaban J connectivity index is 1.53. The second-order valence-corrected chi connectivity index (χ2v) is 7.39. The average molecular weight is 419 g/mol. The third kappa shape index (κ3) is 4.97. The van der Waals surface area contributed by atoms with Gasteiger partial charge in [0.15, 0.2) is 5.69 Å². The highest BCUT2D eigenvalue weighted by molar-refractivity contribution is 5.93. The first kappa shape index (κ1) is 20.7. The molecule has 0 unspecified atom stereocenters. The highest BCUT2D eigenvalue weighted by Gasteiger charge is 2.23. The number of hydrogen-bond acceptors (Lipinski definition) is 5. The van der Waals surface area contributed by atoms with Gasteiger partial charge in [-0.2, -0.15) is 5.10 Å². The maximum absolute atomic E-state index is 13.3. The first-order valence-electron chi connectivity index (χ1n) is 10.3. The van der Waals surface area contributed by atoms with Crippen molar-refractivity contribution in [3.8, 4) is 0 Å². The van der Waals surface area contributed by atoms with Crippen LogP contribution in [0, 0.1) is 6.92 Å². The highest BCUT2D eigenvalue weighted by Crippen LogP contribution is 2.16. The van der Waals surface area contributed by atoms with Crippen molar-refractivity contribution in [2.45, 2.75) is 20.0 Å². The van der Waals surface area contributed by atoms with Gasteiger partial charge in [-0.05, 0) is 30.7 Å². The summed E-state index contributed by atoms with van der Waals surface area (Å²) in [5.74, 6) is 0.286. The van der Waals surface area contributed by atoms with Crippen molar-refractivity contribution in [3.05, 3.63) is 77.7 Å². The molecule has 0 spiro atoms. The van der Waals surface area contributed by atoms with Crippen LogP contribution in [0.5, 0.6) is 0 Å². The Hall–Kier alpha value is -3.52. The second kappa shape index (κ2) is 9.53. The summed E-state index contributed by atoms with van der Waals surface area (Å²) in [6, 6.07) is 17.0. The molecule has 8 heteroatoms. The molecule has 0 radical (unpaired) electrons. The van der Waals surface area contributed by atoms with Crippen molar-refractivity contribution in [3.63, 3.8) is 0 Å². The molecule has 2 aromatic heterocycles. The molecule has 1 aliphatic rings. The molecule has 3 aromatic rings. The van der Waals surface area contributed by atoms with E-state index in [2.05, 4.69) is 10.1 Å². The van der Waals surface area contributed by atoms with Gasteiger partial charge < -0.3 is 9.64 Å². The van der Waals surface area contributed by atoms with Crippen LogP contribution in [-0.4, -0.2) is 57.8 Å². The van der Waals surface area contributed by atoms with Crippen molar-refractivity contribution in [1.29, 1.82) is 0 Å². The number of pyridine rings is 1. The van der Waals surface area contributed by atoms with E-state index in [1.807, 2.05) is 55.5 Å². The molecule has 1 fully saturated rings. The van der Waals surface area contributed by atoms with Crippen LogP contribution in [0.1, 0.15) is 21.7 Å². The van der Waals surface area contributed by atoms with Crippen LogP contribution in [0.4, 0.5) is 5.82 Å². The van der Waals surface area contributed by atoms with E-state index in [4.69, 9.17) is 4.74 Å². The lowest BCUT2D eigenvalue weighted by Gasteiger charge is -2.26. The van der Waals surface area contributed by atoms with Gasteiger partial charge >= 0.3 is 0 Å². The number of anilines is 1. The van der Waals surface area contributed by atoms with Gasteiger partial charge in [-0.3, -0.25) is 19.2 Å². The number of amides is 2. The molecular formula is C23H25N5O3. The van der Waals surface area contributed by atoms with Gasteiger partial charge in [0, 0.05) is 25.0 Å². The first-order valence-corrected chi connectivity index (χ1v) is 10.3. The molecule has 1 aliphatic heterocycles. The molecule has 0 saturated carbocycles. The normalized spacial score (nSPS) is 13.8. The van der Waals surface area contributed by atoms with E-state index in [1.165, 1.54) is 0 Å². The van der Waals surface area contributed by atoms with Crippen molar-refractivity contribution < 1.29 is 14.3 Å². The number of nitrogens with zero attached hydrogens (tertiary/aromatic N) is 5. The third-order valence-corrected chi connectivity index (χ3v) is 5.19. The van der Waals surface area contributed by atoms with Crippen LogP contribution in [0.2, 0.25) is 0 Å². The largest absolute Gasteiger partial charge is 0.378 e. The number of aryl methyl sites for hydroxylation is 1. The zero-order chi connectivity index (χ0) is 21.6. The third-order valence-electron chi connectivity index (χ3n) is 5.19. The number of aromatic nitrogens is 3. The molecule has 160 valence electrons. The SMILES string of the molecule is Cc1cc(C(=O)N2CCOCC2)nn1CC(=O)N(Cc1ccccc1)c1ccccn1. The molecule has 31 heavy (non-hydrogen) atoms. The summed E-state index contributed by atoms with van der Waals surface area (Å²) in [5, 5.41) is 4.42. The van der Waals surface area contributed by atoms with Crippen molar-refractivity contribution in [2.75, 3.05) is 31.2 Å². The number of carbonyl (C=O) groups excluding carboxylic acids is 2. The van der Waals surface area contributed by atoms with Gasteiger partial charge in [-0.15, -0.1) is 0 Å². The van der Waals surface area contributed by atoms with Crippen LogP contribution < -0.4 is 4.90 Å². The lowest BCUT2D eigenvalue weighted by Crippen LogP contribution is -2.41. The van der Waals surface area contributed by atoms with Gasteiger partial charge in [0.1, 0.15) is 12.4 Å². The van der Waals surface area contributed by atoms with Crippen molar-refractivity contribution >= 4 is 17.6 Å². The highest BCUT2D eigenvalue weighted by atomic mass is 16.5. The van der Waals surface area contributed by atoms with E-state index in [9.17, 15) is 9.59 Å². The first-order chi connectivity index (χ1) is 15.1. The van der Waals surface area contributed by atoms with Crippen LogP contribution in [0.3, 0.4) is 0 Å². The number of hydrogen-bond donors (Lipinski definition) is 0. The minimum Gasteiger partial charge on any atom is -0.378 e. The molecule has 0 atom stereocenters. The van der Waals surface area contributed by atoms with Gasteiger partial charge in [0.2, 0.25) is 5.91 Å². The smallest absolute Gasteiger partial charge is 0.274 e. The maximum atomic E-state index is 13.3. The monoisotopic (exact) mass is 419 g/mol. The molecule has 2 amide bonds. The Labute approximate surface area is 181 Å². The quantitative estimate of drug-likeness (QED) is 0.612. The fraction of sp³-hybridized carbons (Fsp3) is 0.304. The summed E-state index contributed by atoms with van der Waals surface area (Å²) in [6.07, 6.45) is 1.67. The number of rotatable bonds is 6. The van der Waals surface area contributed by atoms with E-state index in [0.29, 0.717) is 44.4 Å². The van der Waals surface area contributed by atoms with E-state index in [-0.39, 0.29) is 18.4 Å². The second-order valence-electron chi connectivity index (χ2n) is 7.39. The molecule has 0 aliphatic carbocycles. The predicted octanol–water partition coefficient (Wildman–Crippen LogP) is 2.29. The average Bonchev–Trinajstić information content (AvgIpc) is 3.18. The summed E-state index contributed by atoms with van der Waals surface area (Å²) >= 11 is 0. The number of benzene rings is 1. The Bertz CT molecular complexity index is 1030. The van der Waals surface area contributed by atoms with E-state index in [0.717, 1.165) is 11.3 Å². The minimum atomic E-state index is -0.154.